The second-order valence-corrected chi connectivity index (χ2v) is 6.55. The second kappa shape index (κ2) is 9.33. The van der Waals surface area contributed by atoms with Gasteiger partial charge in [-0.3, -0.25) is 9.00 Å². The lowest BCUT2D eigenvalue weighted by molar-refractivity contribution is -0.118. The van der Waals surface area contributed by atoms with Gasteiger partial charge in [-0.2, -0.15) is 0 Å². The number of hydrogen-bond acceptors (Lipinski definition) is 5. The Morgan fingerprint density at radius 1 is 1.30 bits per heavy atom. The molecule has 27 heavy (non-hydrogen) atoms. The number of phenolic OH excluding ortho intramolecular Hbond substituents is 1. The fourth-order valence-corrected chi connectivity index (χ4v) is 2.86. The maximum atomic E-state index is 14.4. The van der Waals surface area contributed by atoms with Crippen LogP contribution in [0.5, 0.6) is 17.2 Å². The van der Waals surface area contributed by atoms with Crippen molar-refractivity contribution in [1.29, 1.82) is 0 Å². The minimum absolute atomic E-state index is 0.0470. The van der Waals surface area contributed by atoms with Gasteiger partial charge in [0.25, 0.3) is 0 Å². The maximum absolute atomic E-state index is 14.4. The van der Waals surface area contributed by atoms with E-state index in [1.165, 1.54) is 31.2 Å². The van der Waals surface area contributed by atoms with Crippen molar-refractivity contribution in [1.82, 2.24) is 5.32 Å². The summed E-state index contributed by atoms with van der Waals surface area (Å²) in [5.41, 5.74) is 0.993. The van der Waals surface area contributed by atoms with Crippen molar-refractivity contribution in [2.24, 2.45) is 0 Å². The largest absolute Gasteiger partial charge is 0.755 e. The molecule has 1 amide bonds. The molecule has 0 saturated heterocycles. The van der Waals surface area contributed by atoms with Crippen LogP contribution in [0.15, 0.2) is 36.4 Å². The highest BCUT2D eigenvalue weighted by Crippen LogP contribution is 2.34. The first kappa shape index (κ1) is 20.7. The Morgan fingerprint density at radius 3 is 2.56 bits per heavy atom. The van der Waals surface area contributed by atoms with Gasteiger partial charge in [-0.25, -0.2) is 4.39 Å². The van der Waals surface area contributed by atoms with Crippen LogP contribution in [-0.4, -0.2) is 32.9 Å². The molecule has 0 aromatic heterocycles. The number of ether oxygens (including phenoxy) is 1. The van der Waals surface area contributed by atoms with Crippen LogP contribution in [0.3, 0.4) is 0 Å². The number of hydrogen-bond donors (Lipinski definition) is 2. The first-order valence-electron chi connectivity index (χ1n) is 8.22. The molecule has 0 aliphatic rings. The summed E-state index contributed by atoms with van der Waals surface area (Å²) in [6, 6.07) is 8.48. The van der Waals surface area contributed by atoms with Crippen molar-refractivity contribution in [3.63, 3.8) is 0 Å². The molecule has 0 spiro atoms. The van der Waals surface area contributed by atoms with E-state index in [0.29, 0.717) is 0 Å². The van der Waals surface area contributed by atoms with Gasteiger partial charge >= 0.3 is 0 Å². The number of phenols is 1. The van der Waals surface area contributed by atoms with Crippen LogP contribution in [-0.2, 0) is 22.5 Å². The molecule has 7 nitrogen and oxygen atoms in total. The summed E-state index contributed by atoms with van der Waals surface area (Å²) in [5.74, 6) is -1.27. The fourth-order valence-electron chi connectivity index (χ4n) is 2.34. The molecule has 2 N–H and O–H groups in total. The molecule has 2 aromatic rings. The van der Waals surface area contributed by atoms with E-state index >= 15 is 0 Å². The van der Waals surface area contributed by atoms with Gasteiger partial charge in [-0.05, 0) is 36.2 Å². The van der Waals surface area contributed by atoms with Crippen molar-refractivity contribution < 1.29 is 27.8 Å². The normalized spacial score (nSPS) is 11.7. The van der Waals surface area contributed by atoms with Crippen molar-refractivity contribution in [2.45, 2.75) is 20.3 Å². The molecule has 1 unspecified atom stereocenters. The number of aromatic hydroxyl groups is 1. The predicted octanol–water partition coefficient (Wildman–Crippen LogP) is 2.62. The molecule has 2 aromatic carbocycles. The summed E-state index contributed by atoms with van der Waals surface area (Å²) in [6.45, 7) is 3.29. The van der Waals surface area contributed by atoms with Crippen molar-refractivity contribution in [2.75, 3.05) is 17.4 Å². The van der Waals surface area contributed by atoms with Gasteiger partial charge in [-0.15, -0.1) is 0 Å². The highest BCUT2D eigenvalue weighted by atomic mass is 32.2. The van der Waals surface area contributed by atoms with Crippen LogP contribution in [0.1, 0.15) is 19.4 Å². The Labute approximate surface area is 159 Å². The molecular formula is C18H20FN2O5S-. The number of halogens is 1. The van der Waals surface area contributed by atoms with Gasteiger partial charge in [-0.1, -0.05) is 13.0 Å². The molecule has 0 bridgehead atoms. The third kappa shape index (κ3) is 5.66. The van der Waals surface area contributed by atoms with Gasteiger partial charge < -0.3 is 24.0 Å². The van der Waals surface area contributed by atoms with Crippen molar-refractivity contribution in [3.05, 3.63) is 47.8 Å². The van der Waals surface area contributed by atoms with Gasteiger partial charge in [0, 0.05) is 37.3 Å². The van der Waals surface area contributed by atoms with Crippen LogP contribution in [0.25, 0.3) is 0 Å². The highest BCUT2D eigenvalue weighted by molar-refractivity contribution is 7.80. The molecule has 9 heteroatoms. The quantitative estimate of drug-likeness (QED) is 0.669. The first-order valence-corrected chi connectivity index (χ1v) is 9.25. The molecule has 0 saturated carbocycles. The molecule has 2 rings (SSSR count). The number of carbonyl (C=O) groups excluding carboxylic acids is 1. The highest BCUT2D eigenvalue weighted by Gasteiger charge is 2.13. The summed E-state index contributed by atoms with van der Waals surface area (Å²) < 4.78 is 43.5. The van der Waals surface area contributed by atoms with E-state index < -0.39 is 17.1 Å². The van der Waals surface area contributed by atoms with Gasteiger partial charge in [0.1, 0.15) is 0 Å². The third-order valence-corrected chi connectivity index (χ3v) is 4.48. The second-order valence-electron chi connectivity index (χ2n) is 5.67. The number of anilines is 1. The van der Waals surface area contributed by atoms with Crippen LogP contribution < -0.4 is 14.4 Å². The van der Waals surface area contributed by atoms with E-state index in [9.17, 15) is 23.1 Å². The van der Waals surface area contributed by atoms with Crippen LogP contribution in [0, 0.1) is 5.82 Å². The molecule has 1 atom stereocenters. The Hall–Kier alpha value is -2.65. The smallest absolute Gasteiger partial charge is 0.216 e. The lowest BCUT2D eigenvalue weighted by atomic mass is 10.1. The zero-order valence-electron chi connectivity index (χ0n) is 14.9. The van der Waals surface area contributed by atoms with Crippen LogP contribution in [0.4, 0.5) is 10.1 Å². The Bertz CT molecular complexity index is 846. The van der Waals surface area contributed by atoms with Crippen molar-refractivity contribution >= 4 is 22.9 Å². The van der Waals surface area contributed by atoms with Gasteiger partial charge in [0.2, 0.25) is 5.91 Å². The molecule has 0 aliphatic heterocycles. The van der Waals surface area contributed by atoms with Crippen LogP contribution >= 0.6 is 0 Å². The minimum Gasteiger partial charge on any atom is -0.755 e. The lowest BCUT2D eigenvalue weighted by Gasteiger charge is -2.26. The van der Waals surface area contributed by atoms with E-state index in [2.05, 4.69) is 5.32 Å². The zero-order valence-corrected chi connectivity index (χ0v) is 15.7. The standard InChI is InChI=1S/C18H21FN2O5S/c1-3-13-4-6-18(16(23)10-13)26-17-7-5-14(11-15(17)19)21(27(24)25)9-8-20-12(2)22/h4-7,10-11,23H,3,8-9H2,1-2H3,(H,20,22)(H,24,25)/p-1. The summed E-state index contributed by atoms with van der Waals surface area (Å²) in [7, 11) is 0. The fraction of sp³-hybridized carbons (Fsp3) is 0.278. The number of benzene rings is 2. The monoisotopic (exact) mass is 395 g/mol. The SMILES string of the molecule is CCc1ccc(Oc2ccc(N(CCNC(C)=O)S(=O)[O-])cc2F)c(O)c1. The molecule has 0 fully saturated rings. The molecular weight excluding hydrogens is 375 g/mol. The minimum atomic E-state index is -2.64. The summed E-state index contributed by atoms with van der Waals surface area (Å²) >= 11 is -2.64. The Morgan fingerprint density at radius 2 is 2.00 bits per heavy atom. The molecule has 0 heterocycles. The number of aryl methyl sites for hydroxylation is 1. The lowest BCUT2D eigenvalue weighted by Crippen LogP contribution is -2.35. The van der Waals surface area contributed by atoms with E-state index in [-0.39, 0.29) is 41.9 Å². The summed E-state index contributed by atoms with van der Waals surface area (Å²) in [5, 5.41) is 12.4. The van der Waals surface area contributed by atoms with Crippen LogP contribution in [0.2, 0.25) is 0 Å². The summed E-state index contributed by atoms with van der Waals surface area (Å²) in [6.07, 6.45) is 0.734. The molecule has 146 valence electrons. The Kier molecular flexibility index (Phi) is 7.14. The predicted molar refractivity (Wildman–Crippen MR) is 98.9 cm³/mol. The number of rotatable bonds is 8. The van der Waals surface area contributed by atoms with Crippen molar-refractivity contribution in [3.8, 4) is 17.2 Å². The van der Waals surface area contributed by atoms with E-state index in [0.717, 1.165) is 22.4 Å². The molecule has 0 radical (unpaired) electrons. The molecule has 0 aliphatic carbocycles. The number of carbonyl (C=O) groups is 1. The van der Waals surface area contributed by atoms with E-state index in [1.54, 1.807) is 6.07 Å². The summed E-state index contributed by atoms with van der Waals surface area (Å²) in [4.78, 5) is 10.9. The number of nitrogens with zero attached hydrogens (tertiary/aromatic N) is 1. The maximum Gasteiger partial charge on any atom is 0.216 e. The topological polar surface area (TPSA) is 102 Å². The Balaban J connectivity index is 2.18. The van der Waals surface area contributed by atoms with Gasteiger partial charge in [0.05, 0.1) is 5.69 Å². The first-order chi connectivity index (χ1) is 12.8. The van der Waals surface area contributed by atoms with E-state index in [1.807, 2.05) is 6.92 Å². The number of nitrogens with one attached hydrogen (secondary N) is 1. The zero-order chi connectivity index (χ0) is 20.0. The third-order valence-electron chi connectivity index (χ3n) is 3.72. The van der Waals surface area contributed by atoms with E-state index in [4.69, 9.17) is 4.74 Å². The van der Waals surface area contributed by atoms with Gasteiger partial charge in [0.15, 0.2) is 23.1 Å². The average molecular weight is 395 g/mol. The average Bonchev–Trinajstić information content (AvgIpc) is 2.61. The number of amides is 1.